The number of aryl methyl sites for hydroxylation is 1. The zero-order valence-electron chi connectivity index (χ0n) is 17.2. The summed E-state index contributed by atoms with van der Waals surface area (Å²) in [6.07, 6.45) is 12.6. The Labute approximate surface area is 176 Å². The number of aromatic amines is 1. The Bertz CT molecular complexity index is 1020. The van der Waals surface area contributed by atoms with Gasteiger partial charge in [-0.2, -0.15) is 4.98 Å². The van der Waals surface area contributed by atoms with E-state index in [-0.39, 0.29) is 0 Å². The second-order valence-electron chi connectivity index (χ2n) is 7.79. The van der Waals surface area contributed by atoms with Crippen LogP contribution in [0, 0.1) is 0 Å². The number of hydrogen-bond acceptors (Lipinski definition) is 3. The topological polar surface area (TPSA) is 67.8 Å². The van der Waals surface area contributed by atoms with E-state index in [9.17, 15) is 9.59 Å². The van der Waals surface area contributed by atoms with Crippen LogP contribution in [0.2, 0.25) is 5.02 Å². The standard InChI is InChI=1S/C23H30ClN3O2/c1-2-3-4-5-6-7-8-9-10-11-14-27-20-16-18(24)13-12-17(20)15-19-21(27)25-23(29)26-22(19)28/h12-13,15-16H,2-11,14H2,1H3,(H,26,28,29). The summed E-state index contributed by atoms with van der Waals surface area (Å²) < 4.78 is 1.97. The zero-order chi connectivity index (χ0) is 20.6. The van der Waals surface area contributed by atoms with Crippen LogP contribution >= 0.6 is 11.6 Å². The molecule has 0 spiro atoms. The molecule has 0 saturated carbocycles. The number of halogens is 1. The smallest absolute Gasteiger partial charge is 0.325 e. The van der Waals surface area contributed by atoms with Gasteiger partial charge in [0.05, 0.1) is 11.1 Å². The van der Waals surface area contributed by atoms with Gasteiger partial charge in [-0.15, -0.1) is 0 Å². The van der Waals surface area contributed by atoms with Gasteiger partial charge in [0.15, 0.2) is 5.82 Å². The van der Waals surface area contributed by atoms with Crippen molar-refractivity contribution in [1.82, 2.24) is 14.5 Å². The summed E-state index contributed by atoms with van der Waals surface area (Å²) in [4.78, 5) is 30.4. The van der Waals surface area contributed by atoms with E-state index >= 15 is 0 Å². The fourth-order valence-corrected chi connectivity index (χ4v) is 4.08. The number of unbranched alkanes of at least 4 members (excludes halogenated alkanes) is 9. The molecule has 156 valence electrons. The van der Waals surface area contributed by atoms with Gasteiger partial charge in [0, 0.05) is 11.6 Å². The van der Waals surface area contributed by atoms with E-state index in [0.717, 1.165) is 23.7 Å². The molecule has 0 atom stereocenters. The molecule has 2 heterocycles. The van der Waals surface area contributed by atoms with Crippen molar-refractivity contribution in [3.8, 4) is 11.4 Å². The van der Waals surface area contributed by atoms with Gasteiger partial charge in [-0.25, -0.2) is 4.79 Å². The summed E-state index contributed by atoms with van der Waals surface area (Å²) in [6.45, 7) is 2.95. The van der Waals surface area contributed by atoms with Gasteiger partial charge in [-0.1, -0.05) is 82.4 Å². The summed E-state index contributed by atoms with van der Waals surface area (Å²) in [5.74, 6) is 0.435. The van der Waals surface area contributed by atoms with Crippen LogP contribution in [0.15, 0.2) is 33.9 Å². The van der Waals surface area contributed by atoms with E-state index in [0.29, 0.717) is 23.0 Å². The first-order valence-corrected chi connectivity index (χ1v) is 11.2. The Hall–Kier alpha value is -2.14. The molecule has 2 aliphatic heterocycles. The first-order valence-electron chi connectivity index (χ1n) is 10.8. The second kappa shape index (κ2) is 10.6. The molecule has 0 bridgehead atoms. The van der Waals surface area contributed by atoms with Gasteiger partial charge in [-0.05, 0) is 30.0 Å². The first-order chi connectivity index (χ1) is 14.1. The molecule has 5 nitrogen and oxygen atoms in total. The summed E-state index contributed by atoms with van der Waals surface area (Å²) in [5.41, 5.74) is 0.333. The summed E-state index contributed by atoms with van der Waals surface area (Å²) in [6, 6.07) is 7.36. The van der Waals surface area contributed by atoms with Gasteiger partial charge in [0.25, 0.3) is 5.56 Å². The Morgan fingerprint density at radius 2 is 1.59 bits per heavy atom. The lowest BCUT2D eigenvalue weighted by Gasteiger charge is -2.17. The second-order valence-corrected chi connectivity index (χ2v) is 8.23. The van der Waals surface area contributed by atoms with Crippen molar-refractivity contribution in [2.75, 3.05) is 0 Å². The highest BCUT2D eigenvalue weighted by Crippen LogP contribution is 2.27. The maximum atomic E-state index is 12.3. The average Bonchev–Trinajstić information content (AvgIpc) is 2.69. The minimum atomic E-state index is -0.610. The Morgan fingerprint density at radius 1 is 0.931 bits per heavy atom. The predicted molar refractivity (Wildman–Crippen MR) is 120 cm³/mol. The van der Waals surface area contributed by atoms with Crippen LogP contribution in [0.1, 0.15) is 71.1 Å². The van der Waals surface area contributed by atoms with E-state index in [1.807, 2.05) is 22.8 Å². The molecule has 3 rings (SSSR count). The van der Waals surface area contributed by atoms with E-state index in [1.54, 1.807) is 6.07 Å². The van der Waals surface area contributed by atoms with Crippen LogP contribution in [0.5, 0.6) is 0 Å². The van der Waals surface area contributed by atoms with Crippen molar-refractivity contribution >= 4 is 22.5 Å². The number of pyridine rings is 1. The third-order valence-electron chi connectivity index (χ3n) is 5.49. The maximum absolute atomic E-state index is 12.3. The molecule has 1 N–H and O–H groups in total. The van der Waals surface area contributed by atoms with E-state index in [1.165, 1.54) is 51.4 Å². The van der Waals surface area contributed by atoms with Crippen molar-refractivity contribution in [3.05, 3.63) is 50.1 Å². The van der Waals surface area contributed by atoms with Gasteiger partial charge in [0.1, 0.15) is 0 Å². The highest BCUT2D eigenvalue weighted by Gasteiger charge is 2.16. The monoisotopic (exact) mass is 415 g/mol. The summed E-state index contributed by atoms with van der Waals surface area (Å²) >= 11 is 6.20. The SMILES string of the molecule is CCCCCCCCCCCCn1c2nc(=O)[nH]c(=O)c-2cc2ccc(Cl)cc21. The number of aromatic nitrogens is 3. The minimum Gasteiger partial charge on any atom is -0.325 e. The Balaban J connectivity index is 1.67. The van der Waals surface area contributed by atoms with Crippen LogP contribution in [0.4, 0.5) is 0 Å². The lowest BCUT2D eigenvalue weighted by Crippen LogP contribution is -2.27. The number of benzene rings is 1. The molecule has 1 aromatic carbocycles. The molecule has 0 fully saturated rings. The number of nitrogens with zero attached hydrogens (tertiary/aromatic N) is 2. The zero-order valence-corrected chi connectivity index (χ0v) is 17.9. The van der Waals surface area contributed by atoms with Crippen molar-refractivity contribution in [1.29, 1.82) is 0 Å². The van der Waals surface area contributed by atoms with Crippen molar-refractivity contribution in [2.45, 2.75) is 77.7 Å². The van der Waals surface area contributed by atoms with E-state index in [2.05, 4.69) is 16.9 Å². The van der Waals surface area contributed by atoms with E-state index < -0.39 is 11.2 Å². The van der Waals surface area contributed by atoms with Crippen LogP contribution < -0.4 is 11.2 Å². The molecule has 6 heteroatoms. The fourth-order valence-electron chi connectivity index (χ4n) is 3.91. The number of rotatable bonds is 11. The normalized spacial score (nSPS) is 11.5. The van der Waals surface area contributed by atoms with Crippen LogP contribution in [-0.4, -0.2) is 14.5 Å². The molecule has 2 aliphatic rings. The molecule has 0 aromatic heterocycles. The highest BCUT2D eigenvalue weighted by atomic mass is 35.5. The number of fused-ring (bicyclic) bond motifs is 2. The molecular weight excluding hydrogens is 386 g/mol. The maximum Gasteiger partial charge on any atom is 0.349 e. The predicted octanol–water partition coefficient (Wildman–Crippen LogP) is 5.76. The van der Waals surface area contributed by atoms with Gasteiger partial charge in [0.2, 0.25) is 0 Å². The minimum absolute atomic E-state index is 0.395. The lowest BCUT2D eigenvalue weighted by atomic mass is 10.1. The molecular formula is C23H30ClN3O2. The average molecular weight is 416 g/mol. The summed E-state index contributed by atoms with van der Waals surface area (Å²) in [5, 5.41) is 1.54. The summed E-state index contributed by atoms with van der Waals surface area (Å²) in [7, 11) is 0. The number of H-pyrrole nitrogens is 1. The van der Waals surface area contributed by atoms with Crippen LogP contribution in [-0.2, 0) is 6.54 Å². The van der Waals surface area contributed by atoms with Crippen LogP contribution in [0.25, 0.3) is 22.3 Å². The quantitative estimate of drug-likeness (QED) is 0.319. The molecule has 0 amide bonds. The largest absolute Gasteiger partial charge is 0.349 e. The first kappa shape index (κ1) is 21.6. The lowest BCUT2D eigenvalue weighted by molar-refractivity contribution is 0.537. The molecule has 0 radical (unpaired) electrons. The number of hydrogen-bond donors (Lipinski definition) is 1. The molecule has 0 unspecified atom stereocenters. The Kier molecular flexibility index (Phi) is 7.87. The molecule has 0 aliphatic carbocycles. The third kappa shape index (κ3) is 5.69. The molecule has 0 saturated heterocycles. The highest BCUT2D eigenvalue weighted by molar-refractivity contribution is 6.31. The van der Waals surface area contributed by atoms with Crippen LogP contribution in [0.3, 0.4) is 0 Å². The van der Waals surface area contributed by atoms with Gasteiger partial charge >= 0.3 is 5.69 Å². The van der Waals surface area contributed by atoms with Crippen molar-refractivity contribution in [2.24, 2.45) is 0 Å². The van der Waals surface area contributed by atoms with Gasteiger partial charge < -0.3 is 4.57 Å². The Morgan fingerprint density at radius 3 is 2.28 bits per heavy atom. The van der Waals surface area contributed by atoms with Crippen molar-refractivity contribution in [3.63, 3.8) is 0 Å². The van der Waals surface area contributed by atoms with Gasteiger partial charge in [-0.3, -0.25) is 9.78 Å². The van der Waals surface area contributed by atoms with E-state index in [4.69, 9.17) is 11.6 Å². The molecule has 29 heavy (non-hydrogen) atoms. The number of nitrogens with one attached hydrogen (secondary N) is 1. The fraction of sp³-hybridized carbons (Fsp3) is 0.522. The molecule has 1 aromatic rings. The third-order valence-corrected chi connectivity index (χ3v) is 5.72. The van der Waals surface area contributed by atoms with Crippen molar-refractivity contribution < 1.29 is 0 Å².